The molecule has 1 saturated heterocycles. The van der Waals surface area contributed by atoms with Crippen LogP contribution in [0.5, 0.6) is 0 Å². The molecule has 43 heavy (non-hydrogen) atoms. The SMILES string of the molecule is CC(=O)N1CCc2c(c(-c3ccc(C(F)(F)F)cc3)nn2CC(O)CN2CCC(N3C(=O)NCc4ccccc43)CC2)C1. The van der Waals surface area contributed by atoms with E-state index in [1.807, 2.05) is 29.2 Å². The van der Waals surface area contributed by atoms with E-state index in [0.717, 1.165) is 60.6 Å². The number of amides is 3. The lowest BCUT2D eigenvalue weighted by Gasteiger charge is -2.41. The van der Waals surface area contributed by atoms with Crippen LogP contribution in [0.1, 0.15) is 42.1 Å². The van der Waals surface area contributed by atoms with Crippen molar-refractivity contribution >= 4 is 17.6 Å². The topological polar surface area (TPSA) is 93.9 Å². The van der Waals surface area contributed by atoms with Gasteiger partial charge in [-0.15, -0.1) is 0 Å². The summed E-state index contributed by atoms with van der Waals surface area (Å²) in [5, 5.41) is 18.8. The lowest BCUT2D eigenvalue weighted by molar-refractivity contribution is -0.137. The van der Waals surface area contributed by atoms with E-state index in [2.05, 4.69) is 10.2 Å². The van der Waals surface area contributed by atoms with E-state index >= 15 is 0 Å². The molecule has 3 amide bonds. The number of carbonyl (C=O) groups excluding carboxylic acids is 2. The number of carbonyl (C=O) groups is 2. The van der Waals surface area contributed by atoms with Gasteiger partial charge in [-0.2, -0.15) is 18.3 Å². The van der Waals surface area contributed by atoms with Gasteiger partial charge >= 0.3 is 12.2 Å². The Morgan fingerprint density at radius 3 is 2.49 bits per heavy atom. The van der Waals surface area contributed by atoms with Crippen molar-refractivity contribution in [3.8, 4) is 11.3 Å². The maximum Gasteiger partial charge on any atom is 0.416 e. The van der Waals surface area contributed by atoms with E-state index in [4.69, 9.17) is 5.10 Å². The Bertz CT molecular complexity index is 1500. The zero-order valence-electron chi connectivity index (χ0n) is 24.0. The molecular weight excluding hydrogens is 561 g/mol. The van der Waals surface area contributed by atoms with Crippen LogP contribution in [0, 0.1) is 0 Å². The Balaban J connectivity index is 1.14. The van der Waals surface area contributed by atoms with Crippen LogP contribution >= 0.6 is 0 Å². The second-order valence-corrected chi connectivity index (χ2v) is 11.6. The first-order chi connectivity index (χ1) is 20.6. The van der Waals surface area contributed by atoms with Crippen LogP contribution in [0.25, 0.3) is 11.3 Å². The van der Waals surface area contributed by atoms with Crippen molar-refractivity contribution in [1.82, 2.24) is 24.9 Å². The second-order valence-electron chi connectivity index (χ2n) is 11.6. The van der Waals surface area contributed by atoms with Gasteiger partial charge in [0.15, 0.2) is 0 Å². The molecule has 0 aliphatic carbocycles. The number of rotatable bonds is 6. The van der Waals surface area contributed by atoms with Gasteiger partial charge in [0.2, 0.25) is 5.91 Å². The first kappa shape index (κ1) is 29.2. The highest BCUT2D eigenvalue weighted by Gasteiger charge is 2.34. The third-order valence-electron chi connectivity index (χ3n) is 8.74. The molecule has 12 heteroatoms. The van der Waals surface area contributed by atoms with Crippen LogP contribution in [-0.2, 0) is 37.0 Å². The zero-order valence-corrected chi connectivity index (χ0v) is 24.0. The maximum absolute atomic E-state index is 13.2. The summed E-state index contributed by atoms with van der Waals surface area (Å²) in [4.78, 5) is 30.6. The fourth-order valence-corrected chi connectivity index (χ4v) is 6.50. The predicted molar refractivity (Wildman–Crippen MR) is 154 cm³/mol. The normalized spacial score (nSPS) is 18.7. The third-order valence-corrected chi connectivity index (χ3v) is 8.74. The minimum absolute atomic E-state index is 0.0727. The third kappa shape index (κ3) is 5.98. The fraction of sp³-hybridized carbons (Fsp3) is 0.452. The number of nitrogens with one attached hydrogen (secondary N) is 1. The average Bonchev–Trinajstić information content (AvgIpc) is 3.34. The Morgan fingerprint density at radius 2 is 1.79 bits per heavy atom. The molecule has 3 aliphatic rings. The number of nitrogens with zero attached hydrogens (tertiary/aromatic N) is 5. The van der Waals surface area contributed by atoms with Gasteiger partial charge < -0.3 is 20.2 Å². The average molecular weight is 597 g/mol. The van der Waals surface area contributed by atoms with Crippen molar-refractivity contribution in [3.63, 3.8) is 0 Å². The van der Waals surface area contributed by atoms with E-state index in [-0.39, 0.29) is 24.5 Å². The van der Waals surface area contributed by atoms with Crippen LogP contribution in [0.2, 0.25) is 0 Å². The number of benzene rings is 2. The zero-order chi connectivity index (χ0) is 30.3. The Hall–Kier alpha value is -3.90. The van der Waals surface area contributed by atoms with Crippen molar-refractivity contribution in [2.24, 2.45) is 0 Å². The smallest absolute Gasteiger partial charge is 0.390 e. The highest BCUT2D eigenvalue weighted by atomic mass is 19.4. The first-order valence-electron chi connectivity index (χ1n) is 14.7. The number of hydrogen-bond acceptors (Lipinski definition) is 5. The van der Waals surface area contributed by atoms with Crippen molar-refractivity contribution in [3.05, 3.63) is 70.9 Å². The second kappa shape index (κ2) is 11.6. The number of β-amino-alcohol motifs (C(OH)–C–C–N with tert-alkyl or cyclic N) is 1. The maximum atomic E-state index is 13.2. The van der Waals surface area contributed by atoms with Crippen molar-refractivity contribution < 1.29 is 27.9 Å². The molecule has 0 bridgehead atoms. The summed E-state index contributed by atoms with van der Waals surface area (Å²) in [6.45, 7) is 4.97. The van der Waals surface area contributed by atoms with E-state index in [1.54, 1.807) is 9.58 Å². The Morgan fingerprint density at radius 1 is 1.07 bits per heavy atom. The van der Waals surface area contributed by atoms with Gasteiger partial charge in [-0.25, -0.2) is 4.79 Å². The molecule has 0 radical (unpaired) electrons. The number of aromatic nitrogens is 2. The van der Waals surface area contributed by atoms with Gasteiger partial charge in [-0.1, -0.05) is 30.3 Å². The largest absolute Gasteiger partial charge is 0.416 e. The van der Waals surface area contributed by atoms with Crippen LogP contribution in [0.4, 0.5) is 23.7 Å². The number of piperidine rings is 1. The summed E-state index contributed by atoms with van der Waals surface area (Å²) >= 11 is 0. The molecule has 228 valence electrons. The number of alkyl halides is 3. The van der Waals surface area contributed by atoms with Gasteiger partial charge in [-0.05, 0) is 36.6 Å². The summed E-state index contributed by atoms with van der Waals surface area (Å²) in [7, 11) is 0. The monoisotopic (exact) mass is 596 g/mol. The van der Waals surface area contributed by atoms with Crippen molar-refractivity contribution in [1.29, 1.82) is 0 Å². The van der Waals surface area contributed by atoms with Gasteiger partial charge in [-0.3, -0.25) is 14.4 Å². The van der Waals surface area contributed by atoms with Crippen LogP contribution in [-0.4, -0.2) is 74.9 Å². The first-order valence-corrected chi connectivity index (χ1v) is 14.7. The molecule has 4 heterocycles. The number of hydrogen-bond donors (Lipinski definition) is 2. The number of anilines is 1. The van der Waals surface area contributed by atoms with Crippen LogP contribution in [0.3, 0.4) is 0 Å². The molecule has 2 aromatic carbocycles. The molecule has 6 rings (SSSR count). The van der Waals surface area contributed by atoms with Gasteiger partial charge in [0.25, 0.3) is 0 Å². The summed E-state index contributed by atoms with van der Waals surface area (Å²) in [6.07, 6.45) is -3.06. The molecule has 1 aromatic heterocycles. The number of fused-ring (bicyclic) bond motifs is 2. The van der Waals surface area contributed by atoms with Gasteiger partial charge in [0.05, 0.1) is 29.6 Å². The minimum atomic E-state index is -4.44. The van der Waals surface area contributed by atoms with Crippen molar-refractivity contribution in [2.75, 3.05) is 31.1 Å². The summed E-state index contributed by atoms with van der Waals surface area (Å²) < 4.78 is 41.2. The summed E-state index contributed by atoms with van der Waals surface area (Å²) in [5.41, 5.74) is 4.08. The van der Waals surface area contributed by atoms with Crippen molar-refractivity contribution in [2.45, 2.75) is 64.1 Å². The molecular formula is C31H35F3N6O3. The molecule has 9 nitrogen and oxygen atoms in total. The molecule has 0 saturated carbocycles. The predicted octanol–water partition coefficient (Wildman–Crippen LogP) is 4.03. The summed E-state index contributed by atoms with van der Waals surface area (Å²) in [6, 6.07) is 12.8. The van der Waals surface area contributed by atoms with Crippen LogP contribution in [0.15, 0.2) is 48.5 Å². The van der Waals surface area contributed by atoms with Gasteiger partial charge in [0.1, 0.15) is 0 Å². The summed E-state index contributed by atoms with van der Waals surface area (Å²) in [5.74, 6) is -0.0780. The van der Waals surface area contributed by atoms with E-state index in [1.165, 1.54) is 19.1 Å². The number of para-hydroxylation sites is 1. The molecule has 2 N–H and O–H groups in total. The number of aliphatic hydroxyl groups excluding tert-OH is 1. The molecule has 3 aromatic rings. The molecule has 0 spiro atoms. The van der Waals surface area contributed by atoms with Gasteiger partial charge in [0, 0.05) is 75.5 Å². The number of urea groups is 1. The van der Waals surface area contributed by atoms with E-state index in [0.29, 0.717) is 43.9 Å². The molecule has 1 fully saturated rings. The number of aliphatic hydroxyl groups is 1. The standard InChI is InChI=1S/C31H35F3N6O3/c1-20(41)38-15-12-28-26(19-38)29(21-6-8-23(9-7-21)31(32,33)34)36-39(28)18-25(42)17-37-13-10-24(11-14-37)40-27-5-3-2-4-22(27)16-35-30(40)43/h2-9,24-25,42H,10-19H2,1H3,(H,35,43). The molecule has 1 unspecified atom stereocenters. The number of likely N-dealkylation sites (tertiary alicyclic amines) is 1. The highest BCUT2D eigenvalue weighted by molar-refractivity contribution is 5.95. The Kier molecular flexibility index (Phi) is 7.91. The number of halogens is 3. The Labute approximate surface area is 247 Å². The lowest BCUT2D eigenvalue weighted by atomic mass is 9.99. The highest BCUT2D eigenvalue weighted by Crippen LogP contribution is 2.34. The quantitative estimate of drug-likeness (QED) is 0.449. The molecule has 1 atom stereocenters. The van der Waals surface area contributed by atoms with Crippen LogP contribution < -0.4 is 10.2 Å². The molecule has 3 aliphatic heterocycles. The minimum Gasteiger partial charge on any atom is -0.390 e. The van der Waals surface area contributed by atoms with E-state index in [9.17, 15) is 27.9 Å². The lowest BCUT2D eigenvalue weighted by Crippen LogP contribution is -2.54. The fourth-order valence-electron chi connectivity index (χ4n) is 6.50. The van der Waals surface area contributed by atoms with E-state index < -0.39 is 17.8 Å².